The summed E-state index contributed by atoms with van der Waals surface area (Å²) in [6.07, 6.45) is 6.33. The van der Waals surface area contributed by atoms with Gasteiger partial charge in [0.05, 0.1) is 5.41 Å². The summed E-state index contributed by atoms with van der Waals surface area (Å²) in [5, 5.41) is 12.4. The Hall–Kier alpha value is -1.35. The molecule has 1 amide bonds. The summed E-state index contributed by atoms with van der Waals surface area (Å²) in [4.78, 5) is 13.2. The maximum Gasteiger partial charge on any atom is 0.226 e. The normalized spacial score (nSPS) is 29.0. The summed E-state index contributed by atoms with van der Waals surface area (Å²) < 4.78 is 0. The van der Waals surface area contributed by atoms with Gasteiger partial charge in [-0.25, -0.2) is 0 Å². The number of aliphatic hydroxyl groups is 1. The smallest absolute Gasteiger partial charge is 0.226 e. The molecule has 2 fully saturated rings. The van der Waals surface area contributed by atoms with Gasteiger partial charge in [-0.05, 0) is 54.9 Å². The molecule has 0 heterocycles. The molecule has 0 saturated heterocycles. The molecule has 3 unspecified atom stereocenters. The quantitative estimate of drug-likeness (QED) is 0.803. The number of carbonyl (C=O) groups is 1. The van der Waals surface area contributed by atoms with Crippen molar-refractivity contribution in [1.29, 1.82) is 0 Å². The Morgan fingerprint density at radius 1 is 1.29 bits per heavy atom. The minimum atomic E-state index is -0.223. The second-order valence-corrected chi connectivity index (χ2v) is 8.72. The van der Waals surface area contributed by atoms with E-state index in [0.717, 1.165) is 18.8 Å². The highest BCUT2D eigenvalue weighted by Crippen LogP contribution is 2.57. The Balaban J connectivity index is 1.75. The van der Waals surface area contributed by atoms with Crippen molar-refractivity contribution in [3.8, 4) is 0 Å². The zero-order chi connectivity index (χ0) is 17.2. The van der Waals surface area contributed by atoms with Crippen molar-refractivity contribution in [2.75, 3.05) is 13.2 Å². The van der Waals surface area contributed by atoms with Crippen molar-refractivity contribution in [2.24, 2.45) is 22.7 Å². The minimum absolute atomic E-state index is 0.0596. The van der Waals surface area contributed by atoms with Crippen LogP contribution in [0, 0.1) is 22.7 Å². The summed E-state index contributed by atoms with van der Waals surface area (Å²) in [6.45, 7) is 5.02. The lowest BCUT2D eigenvalue weighted by Crippen LogP contribution is -2.48. The van der Waals surface area contributed by atoms with E-state index in [9.17, 15) is 9.90 Å². The third-order valence-corrected chi connectivity index (χ3v) is 6.31. The van der Waals surface area contributed by atoms with Crippen LogP contribution >= 0.6 is 0 Å². The molecule has 132 valence electrons. The molecule has 2 N–H and O–H groups in total. The van der Waals surface area contributed by atoms with E-state index in [0.29, 0.717) is 18.9 Å². The van der Waals surface area contributed by atoms with Crippen LogP contribution < -0.4 is 5.32 Å². The molecule has 1 aromatic rings. The molecule has 3 atom stereocenters. The van der Waals surface area contributed by atoms with E-state index in [1.807, 2.05) is 6.07 Å². The van der Waals surface area contributed by atoms with Gasteiger partial charge >= 0.3 is 0 Å². The number of hydrogen-bond donors (Lipinski definition) is 2. The highest BCUT2D eigenvalue weighted by atomic mass is 16.3. The van der Waals surface area contributed by atoms with Gasteiger partial charge in [0.25, 0.3) is 0 Å². The van der Waals surface area contributed by atoms with E-state index in [1.165, 1.54) is 24.8 Å². The van der Waals surface area contributed by atoms with E-state index >= 15 is 0 Å². The molecule has 2 aliphatic carbocycles. The maximum atomic E-state index is 13.2. The van der Waals surface area contributed by atoms with Crippen LogP contribution in [-0.2, 0) is 11.2 Å². The summed E-state index contributed by atoms with van der Waals surface area (Å²) in [6, 6.07) is 10.5. The van der Waals surface area contributed by atoms with Gasteiger partial charge in [-0.1, -0.05) is 50.6 Å². The highest BCUT2D eigenvalue weighted by molar-refractivity contribution is 5.84. The van der Waals surface area contributed by atoms with Crippen LogP contribution in [0.2, 0.25) is 0 Å². The van der Waals surface area contributed by atoms with Crippen molar-refractivity contribution >= 4 is 5.91 Å². The molecule has 2 saturated carbocycles. The van der Waals surface area contributed by atoms with Gasteiger partial charge in [0.1, 0.15) is 0 Å². The Labute approximate surface area is 145 Å². The van der Waals surface area contributed by atoms with Gasteiger partial charge in [-0.3, -0.25) is 4.79 Å². The Morgan fingerprint density at radius 2 is 2.04 bits per heavy atom. The highest BCUT2D eigenvalue weighted by Gasteiger charge is 2.55. The third kappa shape index (κ3) is 3.51. The largest absolute Gasteiger partial charge is 0.396 e. The number of nitrogens with one attached hydrogen (secondary N) is 1. The van der Waals surface area contributed by atoms with Crippen LogP contribution in [0.4, 0.5) is 0 Å². The molecule has 0 aromatic heterocycles. The predicted octanol–water partition coefficient (Wildman–Crippen LogP) is 3.56. The van der Waals surface area contributed by atoms with Crippen LogP contribution in [-0.4, -0.2) is 24.2 Å². The molecule has 3 heteroatoms. The first-order valence-electron chi connectivity index (χ1n) is 9.38. The van der Waals surface area contributed by atoms with E-state index in [4.69, 9.17) is 0 Å². The van der Waals surface area contributed by atoms with E-state index in [-0.39, 0.29) is 23.3 Å². The Morgan fingerprint density at radius 3 is 2.62 bits per heavy atom. The topological polar surface area (TPSA) is 49.3 Å². The molecule has 24 heavy (non-hydrogen) atoms. The van der Waals surface area contributed by atoms with Gasteiger partial charge in [0.2, 0.25) is 5.91 Å². The van der Waals surface area contributed by atoms with Crippen molar-refractivity contribution in [3.05, 3.63) is 35.9 Å². The van der Waals surface area contributed by atoms with Gasteiger partial charge in [0, 0.05) is 13.2 Å². The lowest BCUT2D eigenvalue weighted by atomic mass is 9.68. The average molecular weight is 329 g/mol. The van der Waals surface area contributed by atoms with Gasteiger partial charge < -0.3 is 10.4 Å². The van der Waals surface area contributed by atoms with Crippen LogP contribution in [0.3, 0.4) is 0 Å². The summed E-state index contributed by atoms with van der Waals surface area (Å²) in [5.41, 5.74) is 0.991. The van der Waals surface area contributed by atoms with Crippen LogP contribution in [0.1, 0.15) is 51.5 Å². The molecule has 3 nitrogen and oxygen atoms in total. The fourth-order valence-electron chi connectivity index (χ4n) is 4.87. The monoisotopic (exact) mass is 329 g/mol. The summed E-state index contributed by atoms with van der Waals surface area (Å²) in [7, 11) is 0. The average Bonchev–Trinajstić information content (AvgIpc) is 3.15. The molecular weight excluding hydrogens is 298 g/mol. The van der Waals surface area contributed by atoms with Crippen molar-refractivity contribution in [1.82, 2.24) is 5.32 Å². The molecule has 0 radical (unpaired) electrons. The summed E-state index contributed by atoms with van der Waals surface area (Å²) in [5.74, 6) is 1.50. The Bertz CT molecular complexity index is 568. The Kier molecular flexibility index (Phi) is 5.00. The standard InChI is InChI=1S/C21H31NO2/c1-20(2,10-11-23)15-22-19(24)21(13-16-6-4-3-5-7-16)14-17-8-9-18(21)12-17/h3-7,17-18,23H,8-15H2,1-2H3,(H,22,24). The lowest BCUT2D eigenvalue weighted by molar-refractivity contribution is -0.134. The number of aliphatic hydroxyl groups excluding tert-OH is 1. The van der Waals surface area contributed by atoms with Crippen LogP contribution in [0.5, 0.6) is 0 Å². The number of fused-ring (bicyclic) bond motifs is 2. The zero-order valence-corrected chi connectivity index (χ0v) is 15.1. The van der Waals surface area contributed by atoms with Gasteiger partial charge in [-0.15, -0.1) is 0 Å². The number of hydrogen-bond acceptors (Lipinski definition) is 2. The van der Waals surface area contributed by atoms with Gasteiger partial charge in [-0.2, -0.15) is 0 Å². The predicted molar refractivity (Wildman–Crippen MR) is 96.5 cm³/mol. The zero-order valence-electron chi connectivity index (χ0n) is 15.1. The molecular formula is C21H31NO2. The molecule has 2 bridgehead atoms. The first-order valence-corrected chi connectivity index (χ1v) is 9.38. The molecule has 1 aromatic carbocycles. The fourth-order valence-corrected chi connectivity index (χ4v) is 4.87. The first kappa shape index (κ1) is 17.5. The lowest BCUT2D eigenvalue weighted by Gasteiger charge is -2.37. The second-order valence-electron chi connectivity index (χ2n) is 8.72. The van der Waals surface area contributed by atoms with Crippen molar-refractivity contribution in [2.45, 2.75) is 52.4 Å². The van der Waals surface area contributed by atoms with E-state index in [1.54, 1.807) is 0 Å². The van der Waals surface area contributed by atoms with Crippen LogP contribution in [0.15, 0.2) is 30.3 Å². The SMILES string of the molecule is CC(C)(CCO)CNC(=O)C1(Cc2ccccc2)CC2CCC1C2. The maximum absolute atomic E-state index is 13.2. The number of carbonyl (C=O) groups excluding carboxylic acids is 1. The van der Waals surface area contributed by atoms with E-state index < -0.39 is 0 Å². The minimum Gasteiger partial charge on any atom is -0.396 e. The molecule has 0 spiro atoms. The molecule has 2 aliphatic rings. The van der Waals surface area contributed by atoms with E-state index in [2.05, 4.69) is 43.4 Å². The number of benzene rings is 1. The third-order valence-electron chi connectivity index (χ3n) is 6.31. The fraction of sp³-hybridized carbons (Fsp3) is 0.667. The number of amides is 1. The van der Waals surface area contributed by atoms with Crippen LogP contribution in [0.25, 0.3) is 0 Å². The molecule has 3 rings (SSSR count). The number of rotatable bonds is 7. The van der Waals surface area contributed by atoms with Gasteiger partial charge in [0.15, 0.2) is 0 Å². The van der Waals surface area contributed by atoms with Crippen molar-refractivity contribution < 1.29 is 9.90 Å². The van der Waals surface area contributed by atoms with Crippen molar-refractivity contribution in [3.63, 3.8) is 0 Å². The second kappa shape index (κ2) is 6.87. The molecule has 0 aliphatic heterocycles. The summed E-state index contributed by atoms with van der Waals surface area (Å²) >= 11 is 0. The first-order chi connectivity index (χ1) is 11.5.